The maximum absolute atomic E-state index is 11.9. The van der Waals surface area contributed by atoms with Crippen LogP contribution < -0.4 is 10.1 Å². The third-order valence-corrected chi connectivity index (χ3v) is 1.76. The van der Waals surface area contributed by atoms with Gasteiger partial charge in [-0.15, -0.1) is 26.3 Å². The van der Waals surface area contributed by atoms with Crippen molar-refractivity contribution in [3.63, 3.8) is 0 Å². The monoisotopic (exact) mass is 289 g/mol. The summed E-state index contributed by atoms with van der Waals surface area (Å²) in [5, 5.41) is 2.47. The highest BCUT2D eigenvalue weighted by molar-refractivity contribution is 5.48. The minimum absolute atomic E-state index is 0.188. The maximum Gasteiger partial charge on any atom is 0.573 e. The van der Waals surface area contributed by atoms with E-state index in [-0.39, 0.29) is 12.2 Å². The SMILES string of the molecule is FC(F)(F)OCCNc1cccc(OC(F)(F)F)c1. The van der Waals surface area contributed by atoms with E-state index in [2.05, 4.69) is 14.8 Å². The van der Waals surface area contributed by atoms with Gasteiger partial charge in [-0.25, -0.2) is 0 Å². The van der Waals surface area contributed by atoms with Crippen molar-refractivity contribution in [2.24, 2.45) is 0 Å². The lowest BCUT2D eigenvalue weighted by Crippen LogP contribution is -2.19. The van der Waals surface area contributed by atoms with E-state index >= 15 is 0 Å². The van der Waals surface area contributed by atoms with Gasteiger partial charge in [0.25, 0.3) is 0 Å². The molecule has 9 heteroatoms. The number of rotatable bonds is 5. The Kier molecular flexibility index (Phi) is 4.87. The lowest BCUT2D eigenvalue weighted by Gasteiger charge is -2.12. The number of alkyl halides is 6. The van der Waals surface area contributed by atoms with Crippen molar-refractivity contribution in [3.05, 3.63) is 24.3 Å². The van der Waals surface area contributed by atoms with Gasteiger partial charge in [0, 0.05) is 18.3 Å². The molecule has 0 spiro atoms. The normalized spacial score (nSPS) is 12.3. The summed E-state index contributed by atoms with van der Waals surface area (Å²) >= 11 is 0. The Morgan fingerprint density at radius 3 is 2.26 bits per heavy atom. The van der Waals surface area contributed by atoms with Crippen LogP contribution in [-0.4, -0.2) is 25.9 Å². The van der Waals surface area contributed by atoms with E-state index in [1.807, 2.05) is 0 Å². The zero-order valence-electron chi connectivity index (χ0n) is 9.31. The predicted molar refractivity (Wildman–Crippen MR) is 53.6 cm³/mol. The molecule has 0 aliphatic carbocycles. The number of anilines is 1. The molecule has 1 N–H and O–H groups in total. The molecule has 3 nitrogen and oxygen atoms in total. The second-order valence-corrected chi connectivity index (χ2v) is 3.30. The van der Waals surface area contributed by atoms with Gasteiger partial charge >= 0.3 is 12.7 Å². The Morgan fingerprint density at radius 2 is 1.68 bits per heavy atom. The first-order valence-electron chi connectivity index (χ1n) is 4.96. The molecular formula is C10H9F6NO2. The first kappa shape index (κ1) is 15.4. The van der Waals surface area contributed by atoms with Crippen LogP contribution in [-0.2, 0) is 4.74 Å². The van der Waals surface area contributed by atoms with Crippen LogP contribution in [0.1, 0.15) is 0 Å². The molecular weight excluding hydrogens is 280 g/mol. The maximum atomic E-state index is 11.9. The van der Waals surface area contributed by atoms with Crippen LogP contribution in [0.2, 0.25) is 0 Å². The predicted octanol–water partition coefficient (Wildman–Crippen LogP) is 3.53. The van der Waals surface area contributed by atoms with Gasteiger partial charge in [-0.2, -0.15) is 0 Å². The first-order valence-corrected chi connectivity index (χ1v) is 4.96. The van der Waals surface area contributed by atoms with Crippen molar-refractivity contribution in [3.8, 4) is 5.75 Å². The molecule has 0 saturated heterocycles. The van der Waals surface area contributed by atoms with Gasteiger partial charge < -0.3 is 10.1 Å². The zero-order valence-corrected chi connectivity index (χ0v) is 9.31. The van der Waals surface area contributed by atoms with Gasteiger partial charge in [-0.1, -0.05) is 6.07 Å². The summed E-state index contributed by atoms with van der Waals surface area (Å²) in [7, 11) is 0. The topological polar surface area (TPSA) is 30.5 Å². The molecule has 0 fully saturated rings. The molecule has 0 atom stereocenters. The minimum Gasteiger partial charge on any atom is -0.406 e. The number of nitrogens with one attached hydrogen (secondary N) is 1. The molecule has 0 heterocycles. The van der Waals surface area contributed by atoms with E-state index in [4.69, 9.17) is 0 Å². The van der Waals surface area contributed by atoms with E-state index in [0.717, 1.165) is 12.1 Å². The summed E-state index contributed by atoms with van der Waals surface area (Å²) in [4.78, 5) is 0. The molecule has 19 heavy (non-hydrogen) atoms. The van der Waals surface area contributed by atoms with Crippen molar-refractivity contribution in [2.75, 3.05) is 18.5 Å². The number of halogens is 6. The van der Waals surface area contributed by atoms with Gasteiger partial charge in [0.1, 0.15) is 5.75 Å². The molecule has 108 valence electrons. The Hall–Kier alpha value is -1.64. The van der Waals surface area contributed by atoms with Crippen LogP contribution in [0.15, 0.2) is 24.3 Å². The van der Waals surface area contributed by atoms with Crippen LogP contribution in [0.5, 0.6) is 5.75 Å². The van der Waals surface area contributed by atoms with Gasteiger partial charge in [-0.3, -0.25) is 4.74 Å². The van der Waals surface area contributed by atoms with Crippen LogP contribution in [0.4, 0.5) is 32.0 Å². The standard InChI is InChI=1S/C10H9F6NO2/c11-9(12,13)18-5-4-17-7-2-1-3-8(6-7)19-10(14,15)16/h1-3,6,17H,4-5H2. The number of hydrogen-bond donors (Lipinski definition) is 1. The van der Waals surface area contributed by atoms with Gasteiger partial charge in [0.15, 0.2) is 0 Å². The Bertz CT molecular complexity index is 404. The average molecular weight is 289 g/mol. The molecule has 0 radical (unpaired) electrons. The lowest BCUT2D eigenvalue weighted by atomic mass is 10.3. The molecule has 0 saturated carbocycles. The minimum atomic E-state index is -4.82. The number of ether oxygens (including phenoxy) is 2. The first-order chi connectivity index (χ1) is 8.66. The Morgan fingerprint density at radius 1 is 1.00 bits per heavy atom. The van der Waals surface area contributed by atoms with Crippen LogP contribution in [0.3, 0.4) is 0 Å². The third-order valence-electron chi connectivity index (χ3n) is 1.76. The van der Waals surface area contributed by atoms with Crippen molar-refractivity contribution in [2.45, 2.75) is 12.7 Å². The van der Waals surface area contributed by atoms with Gasteiger partial charge in [0.2, 0.25) is 0 Å². The second kappa shape index (κ2) is 6.00. The summed E-state index contributed by atoms with van der Waals surface area (Å²) in [5.74, 6) is -0.464. The molecule has 0 aromatic heterocycles. The van der Waals surface area contributed by atoms with E-state index in [1.165, 1.54) is 12.1 Å². The van der Waals surface area contributed by atoms with Crippen LogP contribution in [0.25, 0.3) is 0 Å². The molecule has 0 bridgehead atoms. The fourth-order valence-corrected chi connectivity index (χ4v) is 1.17. The van der Waals surface area contributed by atoms with Crippen molar-refractivity contribution in [1.82, 2.24) is 0 Å². The number of benzene rings is 1. The summed E-state index contributed by atoms with van der Waals surface area (Å²) in [6, 6.07) is 4.75. The molecule has 0 unspecified atom stereocenters. The summed E-state index contributed by atoms with van der Waals surface area (Å²) < 4.78 is 77.8. The van der Waals surface area contributed by atoms with E-state index in [0.29, 0.717) is 0 Å². The molecule has 1 rings (SSSR count). The van der Waals surface area contributed by atoms with Gasteiger partial charge in [0.05, 0.1) is 6.61 Å². The average Bonchev–Trinajstić information content (AvgIpc) is 2.21. The third kappa shape index (κ3) is 7.39. The van der Waals surface area contributed by atoms with E-state index < -0.39 is 25.1 Å². The zero-order chi connectivity index (χ0) is 14.5. The highest BCUT2D eigenvalue weighted by atomic mass is 19.4. The second-order valence-electron chi connectivity index (χ2n) is 3.30. The lowest BCUT2D eigenvalue weighted by molar-refractivity contribution is -0.322. The Labute approximate surface area is 104 Å². The van der Waals surface area contributed by atoms with Crippen LogP contribution >= 0.6 is 0 Å². The molecule has 0 amide bonds. The quantitative estimate of drug-likeness (QED) is 0.664. The fourth-order valence-electron chi connectivity index (χ4n) is 1.17. The van der Waals surface area contributed by atoms with Crippen molar-refractivity contribution in [1.29, 1.82) is 0 Å². The molecule has 1 aromatic rings. The Balaban J connectivity index is 2.44. The van der Waals surface area contributed by atoms with Crippen molar-refractivity contribution >= 4 is 5.69 Å². The fraction of sp³-hybridized carbons (Fsp3) is 0.400. The summed E-state index contributed by atoms with van der Waals surface area (Å²) in [6.07, 6.45) is -9.55. The van der Waals surface area contributed by atoms with Crippen LogP contribution in [0, 0.1) is 0 Å². The highest BCUT2D eigenvalue weighted by Gasteiger charge is 2.31. The van der Waals surface area contributed by atoms with Gasteiger partial charge in [-0.05, 0) is 12.1 Å². The van der Waals surface area contributed by atoms with E-state index in [9.17, 15) is 26.3 Å². The summed E-state index contributed by atoms with van der Waals surface area (Å²) in [5.41, 5.74) is 0.188. The van der Waals surface area contributed by atoms with Crippen molar-refractivity contribution < 1.29 is 35.8 Å². The van der Waals surface area contributed by atoms with E-state index in [1.54, 1.807) is 0 Å². The molecule has 0 aliphatic heterocycles. The highest BCUT2D eigenvalue weighted by Crippen LogP contribution is 2.25. The summed E-state index contributed by atoms with van der Waals surface area (Å²) in [6.45, 7) is -0.872. The molecule has 0 aliphatic rings. The molecule has 1 aromatic carbocycles. The smallest absolute Gasteiger partial charge is 0.406 e. The largest absolute Gasteiger partial charge is 0.573 e. The number of hydrogen-bond acceptors (Lipinski definition) is 3.